The van der Waals surface area contributed by atoms with Gasteiger partial charge in [-0.05, 0) is 149 Å². The van der Waals surface area contributed by atoms with E-state index in [2.05, 4.69) is 400 Å². The first-order chi connectivity index (χ1) is 58.5. The van der Waals surface area contributed by atoms with Crippen molar-refractivity contribution in [1.29, 1.82) is 0 Å². The summed E-state index contributed by atoms with van der Waals surface area (Å²) in [5.74, 6) is 2.59. The summed E-state index contributed by atoms with van der Waals surface area (Å²) >= 11 is 0. The van der Waals surface area contributed by atoms with Gasteiger partial charge in [0.05, 0.1) is 55.5 Å². The van der Waals surface area contributed by atoms with Gasteiger partial charge in [0.2, 0.25) is 0 Å². The highest BCUT2D eigenvalue weighted by Crippen LogP contribution is 2.42. The Morgan fingerprint density at radius 1 is 0.127 bits per heavy atom. The summed E-state index contributed by atoms with van der Waals surface area (Å²) in [7, 11) is 0. The summed E-state index contributed by atoms with van der Waals surface area (Å²) in [5, 5.41) is 9.86. The fourth-order valence-corrected chi connectivity index (χ4v) is 17.3. The van der Waals surface area contributed by atoms with Gasteiger partial charge in [0, 0.05) is 99.2 Å². The molecule has 552 valence electrons. The lowest BCUT2D eigenvalue weighted by Crippen LogP contribution is -2.00. The van der Waals surface area contributed by atoms with Crippen molar-refractivity contribution >= 4 is 87.2 Å². The molecule has 0 unspecified atom stereocenters. The van der Waals surface area contributed by atoms with Crippen LogP contribution in [0, 0.1) is 0 Å². The number of rotatable bonds is 13. The Morgan fingerprint density at radius 3 is 0.720 bits per heavy atom. The summed E-state index contributed by atoms with van der Waals surface area (Å²) in [6.07, 6.45) is 0. The second-order valence-electron chi connectivity index (χ2n) is 29.9. The molecule has 0 saturated heterocycles. The second-order valence-corrected chi connectivity index (χ2v) is 29.9. The van der Waals surface area contributed by atoms with Gasteiger partial charge in [0.25, 0.3) is 0 Å². The Kier molecular flexibility index (Phi) is 17.0. The van der Waals surface area contributed by atoms with Gasteiger partial charge < -0.3 is 18.3 Å². The van der Waals surface area contributed by atoms with Crippen LogP contribution in [0.25, 0.3) is 211 Å². The molecule has 0 spiro atoms. The van der Waals surface area contributed by atoms with E-state index in [9.17, 15) is 0 Å². The van der Waals surface area contributed by atoms with Crippen molar-refractivity contribution in [3.8, 4) is 124 Å². The Hall–Kier alpha value is -16.0. The van der Waals surface area contributed by atoms with Gasteiger partial charge in [-0.1, -0.05) is 315 Å². The molecule has 9 heteroatoms. The third-order valence-corrected chi connectivity index (χ3v) is 23.0. The largest absolute Gasteiger partial charge is 0.309 e. The summed E-state index contributed by atoms with van der Waals surface area (Å²) < 4.78 is 9.52. The van der Waals surface area contributed by atoms with Gasteiger partial charge in [-0.2, -0.15) is 0 Å². The first kappa shape index (κ1) is 68.8. The van der Waals surface area contributed by atoms with Crippen LogP contribution in [-0.4, -0.2) is 43.2 Å². The number of fused-ring (bicyclic) bond motifs is 12. The number of nitrogens with zero attached hydrogens (tertiary/aromatic N) is 9. The standard InChI is InChI=1S/C58H38N4.C51H33N5/c1-3-14-39(15-4-1)41-26-30-43(31-27-41)52-38-53(60-58(59-52)44-32-28-42(29-33-44)40-16-5-2-6-17-40)45-18-13-19-46(36-45)61-56-25-12-9-22-50(56)51-37-47(34-35-57(51)61)62-54-23-10-7-20-48(54)49-21-8-11-24-55(49)62;1-3-13-34(14-4-1)35-23-25-37(26-24-35)50-52-49(36-15-5-2-6-16-36)53-51(54-50)38-27-29-39(30-28-38)55-47-22-12-9-19-43(47)44-33-40(31-32-48(44)55)56-45-20-10-7-17-41(45)42-18-8-11-21-46(42)56/h1-38H;1-33H. The highest BCUT2D eigenvalue weighted by molar-refractivity contribution is 6.14. The van der Waals surface area contributed by atoms with Gasteiger partial charge in [-0.25, -0.2) is 24.9 Å². The normalized spacial score (nSPS) is 11.6. The Bertz CT molecular complexity index is 7530. The average Bonchev–Trinajstić information content (AvgIpc) is 1.58. The number of benzene rings is 17. The lowest BCUT2D eigenvalue weighted by molar-refractivity contribution is 1.07. The van der Waals surface area contributed by atoms with E-state index in [1.165, 1.54) is 87.4 Å². The van der Waals surface area contributed by atoms with Crippen molar-refractivity contribution in [3.05, 3.63) is 431 Å². The van der Waals surface area contributed by atoms with Crippen molar-refractivity contribution in [1.82, 2.24) is 43.2 Å². The summed E-state index contributed by atoms with van der Waals surface area (Å²) in [4.78, 5) is 25.5. The molecule has 0 saturated carbocycles. The molecule has 0 amide bonds. The molecule has 0 radical (unpaired) electrons. The van der Waals surface area contributed by atoms with E-state index in [1.807, 2.05) is 48.5 Å². The molecule has 0 fully saturated rings. The van der Waals surface area contributed by atoms with E-state index in [1.54, 1.807) is 0 Å². The molecule has 0 N–H and O–H groups in total. The van der Waals surface area contributed by atoms with Crippen molar-refractivity contribution in [2.75, 3.05) is 0 Å². The van der Waals surface area contributed by atoms with Crippen molar-refractivity contribution in [2.24, 2.45) is 0 Å². The highest BCUT2D eigenvalue weighted by atomic mass is 15.0. The minimum Gasteiger partial charge on any atom is -0.309 e. The number of para-hydroxylation sites is 6. The zero-order valence-electron chi connectivity index (χ0n) is 64.0. The van der Waals surface area contributed by atoms with E-state index in [-0.39, 0.29) is 0 Å². The molecule has 0 atom stereocenters. The molecule has 17 aromatic carbocycles. The smallest absolute Gasteiger partial charge is 0.164 e. The van der Waals surface area contributed by atoms with Gasteiger partial charge in [-0.15, -0.1) is 0 Å². The molecule has 118 heavy (non-hydrogen) atoms. The van der Waals surface area contributed by atoms with Gasteiger partial charge in [-0.3, -0.25) is 0 Å². The minimum absolute atomic E-state index is 0.630. The van der Waals surface area contributed by atoms with Crippen LogP contribution in [0.4, 0.5) is 0 Å². The van der Waals surface area contributed by atoms with Crippen LogP contribution in [0.15, 0.2) is 431 Å². The molecule has 23 rings (SSSR count). The molecule has 6 heterocycles. The molecule has 0 aliphatic rings. The summed E-state index contributed by atoms with van der Waals surface area (Å²) in [6.45, 7) is 0. The Balaban J connectivity index is 0.000000143. The van der Waals surface area contributed by atoms with Crippen LogP contribution in [0.1, 0.15) is 0 Å². The van der Waals surface area contributed by atoms with Gasteiger partial charge in [0.1, 0.15) is 0 Å². The summed E-state index contributed by atoms with van der Waals surface area (Å²) in [6, 6.07) is 152. The first-order valence-corrected chi connectivity index (χ1v) is 39.9. The van der Waals surface area contributed by atoms with Crippen LogP contribution in [-0.2, 0) is 0 Å². The lowest BCUT2D eigenvalue weighted by atomic mass is 10.0. The fourth-order valence-electron chi connectivity index (χ4n) is 17.3. The van der Waals surface area contributed by atoms with Crippen LogP contribution in [0.2, 0.25) is 0 Å². The topological polar surface area (TPSA) is 84.2 Å². The molecule has 9 nitrogen and oxygen atoms in total. The second kappa shape index (κ2) is 29.2. The molecular weight excluding hydrogens is 1440 g/mol. The fraction of sp³-hybridized carbons (Fsp3) is 0. The van der Waals surface area contributed by atoms with Crippen LogP contribution < -0.4 is 0 Å². The first-order valence-electron chi connectivity index (χ1n) is 39.9. The Labute approximate surface area is 680 Å². The third-order valence-electron chi connectivity index (χ3n) is 23.0. The molecule has 23 aromatic rings. The zero-order chi connectivity index (χ0) is 78.0. The monoisotopic (exact) mass is 1510 g/mol. The van der Waals surface area contributed by atoms with Crippen molar-refractivity contribution < 1.29 is 0 Å². The van der Waals surface area contributed by atoms with Crippen molar-refractivity contribution in [2.45, 2.75) is 0 Å². The quantitative estimate of drug-likeness (QED) is 0.115. The van der Waals surface area contributed by atoms with E-state index in [4.69, 9.17) is 24.9 Å². The minimum atomic E-state index is 0.630. The molecule has 0 aliphatic heterocycles. The van der Waals surface area contributed by atoms with E-state index >= 15 is 0 Å². The molecule has 6 aromatic heterocycles. The van der Waals surface area contributed by atoms with E-state index < -0.39 is 0 Å². The van der Waals surface area contributed by atoms with E-state index in [0.29, 0.717) is 23.3 Å². The average molecular weight is 1510 g/mol. The van der Waals surface area contributed by atoms with Crippen molar-refractivity contribution in [3.63, 3.8) is 0 Å². The number of hydrogen-bond donors (Lipinski definition) is 0. The predicted octanol–water partition coefficient (Wildman–Crippen LogP) is 27.7. The zero-order valence-corrected chi connectivity index (χ0v) is 64.0. The van der Waals surface area contributed by atoms with Gasteiger partial charge in [0.15, 0.2) is 23.3 Å². The predicted molar refractivity (Wildman–Crippen MR) is 488 cm³/mol. The lowest BCUT2D eigenvalue weighted by Gasteiger charge is -2.13. The molecule has 0 aliphatic carbocycles. The van der Waals surface area contributed by atoms with Crippen LogP contribution >= 0.6 is 0 Å². The maximum atomic E-state index is 5.28. The van der Waals surface area contributed by atoms with Crippen LogP contribution in [0.3, 0.4) is 0 Å². The van der Waals surface area contributed by atoms with Gasteiger partial charge >= 0.3 is 0 Å². The molecular formula is C109H71N9. The van der Waals surface area contributed by atoms with E-state index in [0.717, 1.165) is 101 Å². The molecule has 0 bridgehead atoms. The third kappa shape index (κ3) is 12.3. The summed E-state index contributed by atoms with van der Waals surface area (Å²) in [5.41, 5.74) is 28.4. The maximum Gasteiger partial charge on any atom is 0.164 e. The SMILES string of the molecule is c1ccc(-c2ccc(-c3cc(-c4cccc(-n5c6ccccc6c6cc(-n7c8ccccc8c8ccccc87)ccc65)c4)nc(-c4ccc(-c5ccccc5)cc4)n3)cc2)cc1.c1ccc(-c2ccc(-c3nc(-c4ccccc4)nc(-c4ccc(-n5c6ccccc6c6cc(-n7c8ccccc8c8ccccc87)ccc65)cc4)n3)cc2)cc1. The number of aromatic nitrogens is 9. The maximum absolute atomic E-state index is 5.28. The van der Waals surface area contributed by atoms with Crippen LogP contribution in [0.5, 0.6) is 0 Å². The Morgan fingerprint density at radius 2 is 0.356 bits per heavy atom. The number of hydrogen-bond acceptors (Lipinski definition) is 5. The highest BCUT2D eigenvalue weighted by Gasteiger charge is 2.22.